The lowest BCUT2D eigenvalue weighted by atomic mass is 10.1. The topological polar surface area (TPSA) is 87.9 Å². The number of ether oxygens (including phenoxy) is 1. The second-order valence-corrected chi connectivity index (χ2v) is 4.43. The number of rotatable bonds is 3. The third-order valence-corrected chi connectivity index (χ3v) is 2.95. The number of anilines is 1. The van der Waals surface area contributed by atoms with Crippen molar-refractivity contribution in [1.29, 1.82) is 5.26 Å². The summed E-state index contributed by atoms with van der Waals surface area (Å²) < 4.78 is 5.18. The summed E-state index contributed by atoms with van der Waals surface area (Å²) in [5.74, 6) is 0.0743. The van der Waals surface area contributed by atoms with E-state index in [1.165, 1.54) is 7.11 Å². The molecule has 0 spiro atoms. The molecule has 0 bridgehead atoms. The minimum Gasteiger partial charge on any atom is -0.495 e. The molecule has 21 heavy (non-hydrogen) atoms. The largest absolute Gasteiger partial charge is 0.495 e. The molecule has 6 nitrogen and oxygen atoms in total. The zero-order valence-electron chi connectivity index (χ0n) is 12.0. The SMILES string of the molecule is COc1cccc(C#N)c1NC(=O)c1cc(C)nnc1C. The number of methoxy groups -OCH3 is 1. The molecule has 2 aromatic rings. The summed E-state index contributed by atoms with van der Waals surface area (Å²) in [4.78, 5) is 12.4. The Balaban J connectivity index is 2.41. The molecule has 0 radical (unpaired) electrons. The molecule has 0 fully saturated rings. The summed E-state index contributed by atoms with van der Waals surface area (Å²) in [5, 5.41) is 19.7. The molecule has 0 atom stereocenters. The lowest BCUT2D eigenvalue weighted by Crippen LogP contribution is -2.16. The molecule has 0 unspecified atom stereocenters. The minimum atomic E-state index is -0.355. The van der Waals surface area contributed by atoms with Gasteiger partial charge in [0.05, 0.1) is 29.6 Å². The number of nitriles is 1. The van der Waals surface area contributed by atoms with E-state index in [4.69, 9.17) is 10.00 Å². The van der Waals surface area contributed by atoms with Crippen molar-refractivity contribution < 1.29 is 9.53 Å². The lowest BCUT2D eigenvalue weighted by Gasteiger charge is -2.12. The number of nitrogens with zero attached hydrogens (tertiary/aromatic N) is 3. The maximum atomic E-state index is 12.4. The summed E-state index contributed by atoms with van der Waals surface area (Å²) in [6, 6.07) is 8.67. The van der Waals surface area contributed by atoms with Gasteiger partial charge in [-0.1, -0.05) is 6.07 Å². The Morgan fingerprint density at radius 1 is 1.33 bits per heavy atom. The first-order valence-electron chi connectivity index (χ1n) is 6.26. The summed E-state index contributed by atoms with van der Waals surface area (Å²) >= 11 is 0. The van der Waals surface area contributed by atoms with Gasteiger partial charge in [0.1, 0.15) is 17.5 Å². The average Bonchev–Trinajstić information content (AvgIpc) is 2.49. The van der Waals surface area contributed by atoms with Crippen molar-refractivity contribution in [2.45, 2.75) is 13.8 Å². The Hall–Kier alpha value is -2.94. The Bertz CT molecular complexity index is 735. The van der Waals surface area contributed by atoms with Crippen LogP contribution in [0.4, 0.5) is 5.69 Å². The van der Waals surface area contributed by atoms with E-state index >= 15 is 0 Å². The van der Waals surface area contributed by atoms with E-state index in [0.717, 1.165) is 0 Å². The molecule has 0 aliphatic carbocycles. The average molecular weight is 282 g/mol. The van der Waals surface area contributed by atoms with Crippen molar-refractivity contribution in [3.8, 4) is 11.8 Å². The van der Waals surface area contributed by atoms with E-state index in [9.17, 15) is 4.79 Å². The van der Waals surface area contributed by atoms with Gasteiger partial charge >= 0.3 is 0 Å². The second-order valence-electron chi connectivity index (χ2n) is 4.43. The first kappa shape index (κ1) is 14.5. The zero-order valence-corrected chi connectivity index (χ0v) is 12.0. The highest BCUT2D eigenvalue weighted by atomic mass is 16.5. The Kier molecular flexibility index (Phi) is 4.14. The van der Waals surface area contributed by atoms with Crippen LogP contribution in [0, 0.1) is 25.2 Å². The monoisotopic (exact) mass is 282 g/mol. The number of aryl methyl sites for hydroxylation is 2. The van der Waals surface area contributed by atoms with E-state index in [2.05, 4.69) is 15.5 Å². The maximum Gasteiger partial charge on any atom is 0.257 e. The van der Waals surface area contributed by atoms with Crippen LogP contribution >= 0.6 is 0 Å². The highest BCUT2D eigenvalue weighted by molar-refractivity contribution is 6.06. The number of carbonyl (C=O) groups is 1. The van der Waals surface area contributed by atoms with Crippen LogP contribution in [-0.2, 0) is 0 Å². The van der Waals surface area contributed by atoms with Crippen LogP contribution in [0.2, 0.25) is 0 Å². The normalized spacial score (nSPS) is 9.81. The van der Waals surface area contributed by atoms with Gasteiger partial charge in [-0.15, -0.1) is 0 Å². The standard InChI is InChI=1S/C15H14N4O2/c1-9-7-12(10(2)19-18-9)15(20)17-14-11(8-16)5-4-6-13(14)21-3/h4-7H,1-3H3,(H,17,20). The fourth-order valence-electron chi connectivity index (χ4n) is 1.88. The lowest BCUT2D eigenvalue weighted by molar-refractivity contribution is 0.102. The molecular weight excluding hydrogens is 268 g/mol. The highest BCUT2D eigenvalue weighted by Gasteiger charge is 2.16. The van der Waals surface area contributed by atoms with Crippen molar-refractivity contribution >= 4 is 11.6 Å². The van der Waals surface area contributed by atoms with Gasteiger partial charge in [0, 0.05) is 0 Å². The second kappa shape index (κ2) is 6.01. The zero-order chi connectivity index (χ0) is 15.4. The van der Waals surface area contributed by atoms with Gasteiger partial charge in [0.25, 0.3) is 5.91 Å². The minimum absolute atomic E-state index is 0.332. The molecule has 6 heteroatoms. The first-order valence-corrected chi connectivity index (χ1v) is 6.26. The van der Waals surface area contributed by atoms with E-state index < -0.39 is 0 Å². The van der Waals surface area contributed by atoms with E-state index in [1.54, 1.807) is 38.1 Å². The van der Waals surface area contributed by atoms with E-state index in [-0.39, 0.29) is 5.91 Å². The summed E-state index contributed by atoms with van der Waals surface area (Å²) in [6.07, 6.45) is 0. The van der Waals surface area contributed by atoms with E-state index in [1.807, 2.05) is 6.07 Å². The Morgan fingerprint density at radius 2 is 2.10 bits per heavy atom. The molecule has 106 valence electrons. The number of nitrogens with one attached hydrogen (secondary N) is 1. The number of amides is 1. The van der Waals surface area contributed by atoms with Gasteiger partial charge in [-0.2, -0.15) is 15.5 Å². The summed E-state index contributed by atoms with van der Waals surface area (Å²) in [5.41, 5.74) is 2.26. The van der Waals surface area contributed by atoms with Gasteiger partial charge in [-0.25, -0.2) is 0 Å². The van der Waals surface area contributed by atoms with Crippen LogP contribution in [0.25, 0.3) is 0 Å². The quantitative estimate of drug-likeness (QED) is 0.932. The highest BCUT2D eigenvalue weighted by Crippen LogP contribution is 2.28. The molecule has 1 aromatic heterocycles. The predicted molar refractivity (Wildman–Crippen MR) is 77.2 cm³/mol. The smallest absolute Gasteiger partial charge is 0.257 e. The number of para-hydroxylation sites is 1. The number of hydrogen-bond donors (Lipinski definition) is 1. The van der Waals surface area contributed by atoms with Crippen molar-refractivity contribution in [3.63, 3.8) is 0 Å². The molecule has 0 saturated heterocycles. The third kappa shape index (κ3) is 2.98. The fourth-order valence-corrected chi connectivity index (χ4v) is 1.88. The molecule has 0 aliphatic heterocycles. The molecule has 1 aromatic carbocycles. The van der Waals surface area contributed by atoms with Crippen LogP contribution in [0.15, 0.2) is 24.3 Å². The van der Waals surface area contributed by atoms with Crippen molar-refractivity contribution in [2.75, 3.05) is 12.4 Å². The van der Waals surface area contributed by atoms with Crippen molar-refractivity contribution in [3.05, 3.63) is 46.8 Å². The Morgan fingerprint density at radius 3 is 2.76 bits per heavy atom. The van der Waals surface area contributed by atoms with Gasteiger partial charge in [0.2, 0.25) is 0 Å². The van der Waals surface area contributed by atoms with Crippen LogP contribution in [-0.4, -0.2) is 23.2 Å². The van der Waals surface area contributed by atoms with Gasteiger partial charge in [-0.05, 0) is 32.0 Å². The van der Waals surface area contributed by atoms with Crippen LogP contribution in [0.1, 0.15) is 27.3 Å². The van der Waals surface area contributed by atoms with Gasteiger partial charge < -0.3 is 10.1 Å². The molecule has 0 saturated carbocycles. The predicted octanol–water partition coefficient (Wildman–Crippen LogP) is 2.23. The fraction of sp³-hybridized carbons (Fsp3) is 0.200. The molecule has 2 rings (SSSR count). The molecule has 1 amide bonds. The number of hydrogen-bond acceptors (Lipinski definition) is 5. The number of carbonyl (C=O) groups excluding carboxylic acids is 1. The summed E-state index contributed by atoms with van der Waals surface area (Å²) in [7, 11) is 1.48. The van der Waals surface area contributed by atoms with Crippen LogP contribution < -0.4 is 10.1 Å². The number of aromatic nitrogens is 2. The third-order valence-electron chi connectivity index (χ3n) is 2.95. The van der Waals surface area contributed by atoms with E-state index in [0.29, 0.717) is 34.0 Å². The molecular formula is C15H14N4O2. The summed E-state index contributed by atoms with van der Waals surface area (Å²) in [6.45, 7) is 3.46. The van der Waals surface area contributed by atoms with Gasteiger partial charge in [0.15, 0.2) is 0 Å². The van der Waals surface area contributed by atoms with Crippen LogP contribution in [0.5, 0.6) is 5.75 Å². The molecule has 0 aliphatic rings. The first-order chi connectivity index (χ1) is 10.1. The molecule has 1 heterocycles. The van der Waals surface area contributed by atoms with Crippen LogP contribution in [0.3, 0.4) is 0 Å². The van der Waals surface area contributed by atoms with Gasteiger partial charge in [-0.3, -0.25) is 4.79 Å². The number of benzene rings is 1. The van der Waals surface area contributed by atoms with Crippen molar-refractivity contribution in [2.24, 2.45) is 0 Å². The maximum absolute atomic E-state index is 12.4. The Labute approximate surface area is 122 Å². The molecule has 1 N–H and O–H groups in total. The van der Waals surface area contributed by atoms with Crippen molar-refractivity contribution in [1.82, 2.24) is 10.2 Å².